The number of benzene rings is 3. The SMILES string of the molecule is CCNC(=O)Nc1ncnc2c1ncn2C1OC(C(=O)N2CCCC[C@H]2C(=O)O)C2O[C@H](c3ccccc3)OC21.CCNC(=O)Nc1ncnc2c1ncn2C1OC(C(=O)N2CCC[C@H](C(=O)O)C2)C2O[C@H](c3ccccc3)OC21.CCNC(=O)Nc1ncnc2c1ncn2C1OC(C(=O)N2CCC[C@H](C(=O)O)C2)C2O[C@H](c3ccccc3)OC21. The first-order valence-corrected chi connectivity index (χ1v) is 39.6. The molecule has 15 heterocycles. The van der Waals surface area contributed by atoms with E-state index in [2.05, 4.69) is 76.8 Å². The summed E-state index contributed by atoms with van der Waals surface area (Å²) >= 11 is 0. The number of rotatable bonds is 18. The van der Waals surface area contributed by atoms with Gasteiger partial charge in [-0.2, -0.15) is 0 Å². The number of carbonyl (C=O) groups is 9. The summed E-state index contributed by atoms with van der Waals surface area (Å²) in [5.41, 5.74) is 4.44. The van der Waals surface area contributed by atoms with Gasteiger partial charge in [-0.15, -0.1) is 0 Å². The van der Waals surface area contributed by atoms with Gasteiger partial charge in [-0.25, -0.2) is 64.0 Å². The average Bonchev–Trinajstić information content (AvgIpc) is 1.60. The maximum atomic E-state index is 13.8. The summed E-state index contributed by atoms with van der Waals surface area (Å²) in [5, 5.41) is 44.7. The molecule has 18 atom stereocenters. The Morgan fingerprint density at radius 3 is 1.03 bits per heavy atom. The molecule has 0 radical (unpaired) electrons. The lowest BCUT2D eigenvalue weighted by Crippen LogP contribution is -2.53. The van der Waals surface area contributed by atoms with Crippen LogP contribution in [0, 0.1) is 11.8 Å². The molecule has 120 heavy (non-hydrogen) atoms. The van der Waals surface area contributed by atoms with Crippen LogP contribution in [0.15, 0.2) is 129 Å². The topological polar surface area (TPSA) is 510 Å². The van der Waals surface area contributed by atoms with Crippen LogP contribution in [0.3, 0.4) is 0 Å². The highest BCUT2D eigenvalue weighted by Gasteiger charge is 2.61. The lowest BCUT2D eigenvalue weighted by molar-refractivity contribution is -0.174. The second-order valence-corrected chi connectivity index (χ2v) is 29.6. The molecule has 42 heteroatoms. The Balaban J connectivity index is 0.000000134. The van der Waals surface area contributed by atoms with E-state index in [-0.39, 0.29) is 42.4 Å². The van der Waals surface area contributed by atoms with E-state index in [1.165, 1.54) is 52.7 Å². The van der Waals surface area contributed by atoms with Gasteiger partial charge in [-0.05, 0) is 65.7 Å². The first-order chi connectivity index (χ1) is 58.3. The molecule has 0 aliphatic carbocycles. The number of hydrogen-bond acceptors (Lipinski definition) is 27. The summed E-state index contributed by atoms with van der Waals surface area (Å²) in [5.74, 6) is -4.67. The number of aliphatic carboxylic acids is 3. The van der Waals surface area contributed by atoms with Crippen molar-refractivity contribution in [2.24, 2.45) is 11.8 Å². The van der Waals surface area contributed by atoms with Gasteiger partial charge in [0.05, 0.1) is 30.8 Å². The number of carbonyl (C=O) groups excluding carboxylic acids is 6. The molecule has 3 aromatic carbocycles. The molecular weight excluding hydrogens is 1570 g/mol. The largest absolute Gasteiger partial charge is 0.481 e. The van der Waals surface area contributed by atoms with Crippen LogP contribution in [-0.2, 0) is 71.4 Å². The number of urea groups is 3. The fourth-order valence-electron chi connectivity index (χ4n) is 16.4. The summed E-state index contributed by atoms with van der Waals surface area (Å²) in [7, 11) is 0. The second-order valence-electron chi connectivity index (χ2n) is 29.6. The molecule has 9 saturated heterocycles. The maximum absolute atomic E-state index is 13.8. The molecule has 9 aliphatic heterocycles. The molecule has 12 unspecified atom stereocenters. The minimum Gasteiger partial charge on any atom is -0.481 e. The van der Waals surface area contributed by atoms with Crippen LogP contribution in [0.25, 0.3) is 33.5 Å². The van der Waals surface area contributed by atoms with Gasteiger partial charge in [0.15, 0.2) is 107 Å². The number of likely N-dealkylation sites (tertiary alicyclic amines) is 3. The van der Waals surface area contributed by atoms with Gasteiger partial charge in [-0.1, -0.05) is 91.0 Å². The number of imidazole rings is 3. The fraction of sp³-hybridized carbons (Fsp3) is 0.462. The second kappa shape index (κ2) is 35.6. The van der Waals surface area contributed by atoms with Crippen molar-refractivity contribution in [3.05, 3.63) is 146 Å². The molecule has 18 rings (SSSR count). The van der Waals surface area contributed by atoms with Crippen molar-refractivity contribution in [1.82, 2.24) is 89.2 Å². The predicted molar refractivity (Wildman–Crippen MR) is 413 cm³/mol. The third kappa shape index (κ3) is 16.5. The van der Waals surface area contributed by atoms with Gasteiger partial charge in [0.1, 0.15) is 61.6 Å². The third-order valence-electron chi connectivity index (χ3n) is 22.0. The number of nitrogens with zero attached hydrogens (tertiary/aromatic N) is 15. The van der Waals surface area contributed by atoms with Gasteiger partial charge in [0.2, 0.25) is 0 Å². The van der Waals surface area contributed by atoms with E-state index >= 15 is 0 Å². The number of nitrogens with one attached hydrogen (secondary N) is 6. The number of carboxylic acids is 3. The molecule has 9 amide bonds. The van der Waals surface area contributed by atoms with Crippen molar-refractivity contribution in [2.45, 2.75) is 164 Å². The third-order valence-corrected chi connectivity index (χ3v) is 22.0. The quantitative estimate of drug-likeness (QED) is 0.0536. The van der Waals surface area contributed by atoms with E-state index in [1.807, 2.05) is 91.0 Å². The van der Waals surface area contributed by atoms with E-state index in [0.717, 1.165) is 23.1 Å². The molecule has 9 N–H and O–H groups in total. The van der Waals surface area contributed by atoms with Crippen molar-refractivity contribution in [3.8, 4) is 0 Å². The number of hydrogen-bond donors (Lipinski definition) is 9. The van der Waals surface area contributed by atoms with Crippen LogP contribution >= 0.6 is 0 Å². The number of anilines is 3. The lowest BCUT2D eigenvalue weighted by Gasteiger charge is -2.35. The van der Waals surface area contributed by atoms with Crippen molar-refractivity contribution < 1.29 is 101 Å². The van der Waals surface area contributed by atoms with Gasteiger partial charge >= 0.3 is 36.0 Å². The normalized spacial score (nSPS) is 27.9. The minimum absolute atomic E-state index is 0.106. The first-order valence-electron chi connectivity index (χ1n) is 39.6. The standard InChI is InChI=1S/3C26H29N7O7/c1-2-27-26(37)31-20-16-21(29-12-28-20)33(13-30-16)23-19-17(39-25(40-19)14-8-4-3-5-9-14)18(38-23)22(34)32-11-7-6-10-15(32)24(35)36;2*1-2-27-26(37)31-20-16-21(29-12-28-20)33(13-30-16)23-19-17(39-25(40-19)14-7-4-3-5-8-14)18(38-23)22(34)32-10-6-9-15(11-32)24(35)36/h3-5,8-9,12-13,15,17-19,23,25H,2,6-7,10-11H2,1H3,(H,35,36)(H2,27,28,29,31,37);2*3-5,7-8,12-13,15,17-19,23,25H,2,6,9-11H2,1H3,(H,35,36)(H2,27,28,29,31,37)/t3*15-,17?,18?,19?,23?,25-/m000/s1. The zero-order valence-electron chi connectivity index (χ0n) is 65.0. The summed E-state index contributed by atoms with van der Waals surface area (Å²) in [6.07, 6.45) is -0.0757. The molecule has 9 fully saturated rings. The van der Waals surface area contributed by atoms with E-state index in [9.17, 15) is 58.5 Å². The molecule has 42 nitrogen and oxygen atoms in total. The van der Waals surface area contributed by atoms with Gasteiger partial charge < -0.3 is 88.6 Å². The number of fused-ring (bicyclic) bond motifs is 6. The molecule has 0 bridgehead atoms. The number of piperidine rings is 3. The Labute approximate surface area is 682 Å². The van der Waals surface area contributed by atoms with Gasteiger partial charge in [0.25, 0.3) is 17.7 Å². The van der Waals surface area contributed by atoms with Crippen molar-refractivity contribution in [1.29, 1.82) is 0 Å². The maximum Gasteiger partial charge on any atom is 0.326 e. The highest BCUT2D eigenvalue weighted by Crippen LogP contribution is 2.50. The van der Waals surface area contributed by atoms with Crippen LogP contribution in [0.2, 0.25) is 0 Å². The summed E-state index contributed by atoms with van der Waals surface area (Å²) < 4.78 is 61.6. The molecule has 6 aromatic heterocycles. The van der Waals surface area contributed by atoms with Crippen LogP contribution in [0.5, 0.6) is 0 Å². The number of ether oxygens (including phenoxy) is 9. The highest BCUT2D eigenvalue weighted by atomic mass is 16.8. The van der Waals surface area contributed by atoms with Crippen molar-refractivity contribution in [2.75, 3.05) is 68.3 Å². The average molecular weight is 1650 g/mol. The van der Waals surface area contributed by atoms with Crippen LogP contribution in [-0.4, -0.2) is 256 Å². The van der Waals surface area contributed by atoms with Crippen LogP contribution in [0.1, 0.15) is 120 Å². The first kappa shape index (κ1) is 81.3. The monoisotopic (exact) mass is 1650 g/mol. The van der Waals surface area contributed by atoms with Crippen molar-refractivity contribution in [3.63, 3.8) is 0 Å². The Kier molecular flexibility index (Phi) is 24.2. The molecule has 0 spiro atoms. The Hall–Kier alpha value is -12.4. The molecule has 9 aromatic rings. The van der Waals surface area contributed by atoms with Crippen LogP contribution < -0.4 is 31.9 Å². The highest BCUT2D eigenvalue weighted by molar-refractivity contribution is 5.98. The minimum atomic E-state index is -1.11. The smallest absolute Gasteiger partial charge is 0.326 e. The molecule has 0 saturated carbocycles. The zero-order chi connectivity index (χ0) is 83.4. The van der Waals surface area contributed by atoms with Gasteiger partial charge in [0, 0.05) is 69.0 Å². The molecular formula is C78H87N21O21. The van der Waals surface area contributed by atoms with E-state index in [0.29, 0.717) is 111 Å². The number of aromatic nitrogens is 12. The van der Waals surface area contributed by atoms with Gasteiger partial charge in [-0.3, -0.25) is 53.6 Å². The summed E-state index contributed by atoms with van der Waals surface area (Å²) in [6.45, 7) is 8.10. The van der Waals surface area contributed by atoms with Crippen LogP contribution in [0.4, 0.5) is 31.8 Å². The van der Waals surface area contributed by atoms with E-state index in [1.54, 1.807) is 34.5 Å². The molecule has 630 valence electrons. The van der Waals surface area contributed by atoms with E-state index in [4.69, 9.17) is 42.6 Å². The zero-order valence-corrected chi connectivity index (χ0v) is 65.0. The Morgan fingerprint density at radius 1 is 0.375 bits per heavy atom. The predicted octanol–water partition coefficient (Wildman–Crippen LogP) is 5.16. The lowest BCUT2D eigenvalue weighted by atomic mass is 9.97. The van der Waals surface area contributed by atoms with E-state index < -0.39 is 152 Å². The Morgan fingerprint density at radius 2 is 0.708 bits per heavy atom. The molecule has 9 aliphatic rings. The van der Waals surface area contributed by atoms with Crippen molar-refractivity contribution >= 4 is 105 Å². The Bertz CT molecular complexity index is 5050. The summed E-state index contributed by atoms with van der Waals surface area (Å²) in [6, 6.07) is 25.9. The summed E-state index contributed by atoms with van der Waals surface area (Å²) in [4.78, 5) is 156. The number of carboxylic acid groups (broad SMARTS) is 3. The number of amides is 9. The fourth-order valence-corrected chi connectivity index (χ4v) is 16.4.